The minimum Gasteiger partial charge on any atom is -0.489 e. The number of carbonyl (C=O) groups excluding carboxylic acids is 2. The van der Waals surface area contributed by atoms with Crippen molar-refractivity contribution < 1.29 is 29.0 Å². The third-order valence-electron chi connectivity index (χ3n) is 10.4. The summed E-state index contributed by atoms with van der Waals surface area (Å²) in [6.45, 7) is 0.921. The first kappa shape index (κ1) is 39.2. The number of benzene rings is 5. The molecule has 0 aliphatic carbocycles. The van der Waals surface area contributed by atoms with Gasteiger partial charge in [0.25, 0.3) is 5.91 Å². The van der Waals surface area contributed by atoms with Crippen molar-refractivity contribution in [3.8, 4) is 28.7 Å². The van der Waals surface area contributed by atoms with Gasteiger partial charge in [-0.3, -0.25) is 14.5 Å². The van der Waals surface area contributed by atoms with Crippen LogP contribution in [0.1, 0.15) is 45.3 Å². The zero-order valence-electron chi connectivity index (χ0n) is 31.3. The number of carbonyl (C=O) groups is 3. The summed E-state index contributed by atoms with van der Waals surface area (Å²) in [5.41, 5.74) is 6.85. The van der Waals surface area contributed by atoms with Crippen LogP contribution in [0.3, 0.4) is 0 Å². The van der Waals surface area contributed by atoms with Crippen molar-refractivity contribution in [2.75, 3.05) is 5.32 Å². The zero-order chi connectivity index (χ0) is 41.0. The smallest absolute Gasteiger partial charge is 0.326 e. The summed E-state index contributed by atoms with van der Waals surface area (Å²) < 4.78 is 12.2. The molecule has 1 aromatic heterocycles. The van der Waals surface area contributed by atoms with Gasteiger partial charge >= 0.3 is 5.97 Å². The molecule has 2 aliphatic rings. The van der Waals surface area contributed by atoms with Crippen LogP contribution in [0.25, 0.3) is 11.1 Å². The largest absolute Gasteiger partial charge is 0.489 e. The van der Waals surface area contributed by atoms with Gasteiger partial charge in [-0.15, -0.1) is 0 Å². The number of nitrogens with zero attached hydrogens (tertiary/aromatic N) is 3. The van der Waals surface area contributed by atoms with Crippen molar-refractivity contribution in [3.05, 3.63) is 165 Å². The second-order valence-electron chi connectivity index (χ2n) is 14.4. The summed E-state index contributed by atoms with van der Waals surface area (Å²) in [6, 6.07) is 31.0. The monoisotopic (exact) mass is 826 g/mol. The number of carboxylic acid groups (broad SMARTS) is 1. The minimum absolute atomic E-state index is 0.0722. The summed E-state index contributed by atoms with van der Waals surface area (Å²) in [4.78, 5) is 49.4. The van der Waals surface area contributed by atoms with E-state index in [0.29, 0.717) is 57.3 Å². The summed E-state index contributed by atoms with van der Waals surface area (Å²) in [5, 5.41) is 26.0. The van der Waals surface area contributed by atoms with Crippen molar-refractivity contribution in [3.63, 3.8) is 0 Å². The van der Waals surface area contributed by atoms with E-state index in [4.69, 9.17) is 37.9 Å². The Bertz CT molecular complexity index is 2560. The van der Waals surface area contributed by atoms with Crippen LogP contribution in [-0.2, 0) is 46.9 Å². The number of halogens is 2. The van der Waals surface area contributed by atoms with Gasteiger partial charge in [0.05, 0.1) is 40.0 Å². The summed E-state index contributed by atoms with van der Waals surface area (Å²) >= 11 is 12.2. The highest BCUT2D eigenvalue weighted by molar-refractivity contribution is 6.42. The molecule has 0 radical (unpaired) electrons. The number of fused-ring (bicyclic) bond motifs is 2. The van der Waals surface area contributed by atoms with E-state index in [9.17, 15) is 19.5 Å². The fraction of sp³-hybridized carbons (Fsp3) is 0.178. The van der Waals surface area contributed by atoms with Gasteiger partial charge in [-0.05, 0) is 88.3 Å². The number of rotatable bonds is 12. The first-order chi connectivity index (χ1) is 28.6. The Morgan fingerprint density at radius 3 is 2.36 bits per heavy atom. The van der Waals surface area contributed by atoms with Crippen LogP contribution in [-0.4, -0.2) is 49.8 Å². The molecule has 59 heavy (non-hydrogen) atoms. The Morgan fingerprint density at radius 1 is 0.949 bits per heavy atom. The molecule has 0 bridgehead atoms. The second kappa shape index (κ2) is 17.1. The molecule has 2 aliphatic heterocycles. The molecule has 8 rings (SSSR count). The van der Waals surface area contributed by atoms with Gasteiger partial charge in [0, 0.05) is 30.9 Å². The molecule has 0 spiro atoms. The number of imidazole rings is 1. The van der Waals surface area contributed by atoms with Crippen molar-refractivity contribution in [2.45, 2.75) is 50.7 Å². The van der Waals surface area contributed by atoms with Crippen LogP contribution >= 0.6 is 23.2 Å². The Kier molecular flexibility index (Phi) is 11.3. The third kappa shape index (κ3) is 8.93. The molecular weight excluding hydrogens is 791 g/mol. The van der Waals surface area contributed by atoms with Crippen LogP contribution in [0, 0.1) is 11.3 Å². The van der Waals surface area contributed by atoms with E-state index < -0.39 is 30.1 Å². The number of amides is 2. The summed E-state index contributed by atoms with van der Waals surface area (Å²) in [5.74, 6) is -0.200. The molecule has 6 aromatic rings. The maximum Gasteiger partial charge on any atom is 0.326 e. The maximum atomic E-state index is 14.1. The Balaban J connectivity index is 0.962. The van der Waals surface area contributed by atoms with Crippen molar-refractivity contribution in [1.29, 1.82) is 5.26 Å². The normalized spacial score (nSPS) is 16.4. The van der Waals surface area contributed by atoms with E-state index in [2.05, 4.69) is 26.7 Å². The van der Waals surface area contributed by atoms with Crippen molar-refractivity contribution in [1.82, 2.24) is 20.2 Å². The van der Waals surface area contributed by atoms with Gasteiger partial charge in [0.15, 0.2) is 0 Å². The fourth-order valence-electron chi connectivity index (χ4n) is 7.27. The average molecular weight is 828 g/mol. The number of aromatic nitrogens is 2. The number of nitrogens with one attached hydrogen (secondary N) is 3. The first-order valence-corrected chi connectivity index (χ1v) is 19.5. The quantitative estimate of drug-likeness (QED) is 0.0969. The molecule has 12 nitrogen and oxygen atoms in total. The molecule has 0 fully saturated rings. The van der Waals surface area contributed by atoms with Gasteiger partial charge in [0.1, 0.15) is 30.0 Å². The van der Waals surface area contributed by atoms with Gasteiger partial charge in [-0.2, -0.15) is 5.26 Å². The number of hydrogen-bond donors (Lipinski definition) is 4. The van der Waals surface area contributed by atoms with E-state index in [-0.39, 0.29) is 25.4 Å². The van der Waals surface area contributed by atoms with E-state index in [1.807, 2.05) is 59.5 Å². The number of aromatic amines is 1. The van der Waals surface area contributed by atoms with Gasteiger partial charge in [-0.25, -0.2) is 9.78 Å². The number of anilines is 1. The van der Waals surface area contributed by atoms with Crippen molar-refractivity contribution in [2.24, 2.45) is 0 Å². The van der Waals surface area contributed by atoms with Crippen molar-refractivity contribution >= 4 is 46.7 Å². The number of carboxylic acids is 1. The second-order valence-corrected chi connectivity index (χ2v) is 15.2. The standard InChI is InChI=1S/C45H36Cl2N6O6/c46-35-14-5-28(17-36(35)47)25-58-34-12-10-31(11-13-34)42-44(55)51-37-19-32-20-39(53(24-41-49-15-16-50-41)23-33(32)21-40(37)59-42)43(54)52-38(45(56)57)18-26-1-6-29(7-2-26)30-8-3-27(22-48)4-9-30/h1-17,19,21,38-39,42H,18,20,23-25H2,(H,49,50)(H,51,55)(H,52,54)(H,56,57)/t38?,39-,42-/m0/s1. The predicted octanol–water partition coefficient (Wildman–Crippen LogP) is 7.65. The molecule has 3 atom stereocenters. The number of ether oxygens (including phenoxy) is 2. The lowest BCUT2D eigenvalue weighted by Crippen LogP contribution is -2.54. The SMILES string of the molecule is N#Cc1ccc(-c2ccc(CC(NC(=O)[C@@H]3Cc4cc5c(cc4CN3Cc3ncc[nH]3)O[C@@H](c3ccc(OCc4ccc(Cl)c(Cl)c4)cc3)C(=O)N5)C(=O)O)cc2)cc1. The number of hydrogen-bond acceptors (Lipinski definition) is 8. The highest BCUT2D eigenvalue weighted by Gasteiger charge is 2.37. The van der Waals surface area contributed by atoms with Gasteiger partial charge in [-0.1, -0.05) is 77.8 Å². The van der Waals surface area contributed by atoms with Gasteiger partial charge < -0.3 is 30.2 Å². The zero-order valence-corrected chi connectivity index (χ0v) is 32.8. The summed E-state index contributed by atoms with van der Waals surface area (Å²) in [6.07, 6.45) is 2.76. The Morgan fingerprint density at radius 2 is 1.68 bits per heavy atom. The average Bonchev–Trinajstić information content (AvgIpc) is 3.76. The fourth-order valence-corrected chi connectivity index (χ4v) is 7.59. The molecule has 4 N–H and O–H groups in total. The number of H-pyrrole nitrogens is 1. The topological polar surface area (TPSA) is 170 Å². The lowest BCUT2D eigenvalue weighted by atomic mass is 9.91. The molecule has 5 aromatic carbocycles. The third-order valence-corrected chi connectivity index (χ3v) is 11.1. The maximum absolute atomic E-state index is 14.1. The highest BCUT2D eigenvalue weighted by Crippen LogP contribution is 2.40. The molecule has 0 saturated heterocycles. The number of nitriles is 1. The first-order valence-electron chi connectivity index (χ1n) is 18.7. The molecule has 0 saturated carbocycles. The minimum atomic E-state index is -1.19. The Labute approximate surface area is 349 Å². The predicted molar refractivity (Wildman–Crippen MR) is 221 cm³/mol. The van der Waals surface area contributed by atoms with Crippen LogP contribution in [0.2, 0.25) is 10.0 Å². The van der Waals surface area contributed by atoms with Gasteiger partial charge in [0.2, 0.25) is 12.0 Å². The van der Waals surface area contributed by atoms with Crippen LogP contribution in [0.5, 0.6) is 11.5 Å². The van der Waals surface area contributed by atoms with E-state index in [1.165, 1.54) is 0 Å². The van der Waals surface area contributed by atoms with Crippen LogP contribution in [0.15, 0.2) is 116 Å². The van der Waals surface area contributed by atoms with E-state index in [1.54, 1.807) is 60.9 Å². The number of aliphatic carboxylic acids is 1. The molecule has 296 valence electrons. The lowest BCUT2D eigenvalue weighted by Gasteiger charge is -2.37. The van der Waals surface area contributed by atoms with Crippen LogP contribution in [0.4, 0.5) is 5.69 Å². The Hall–Kier alpha value is -6.65. The molecule has 2 amide bonds. The highest BCUT2D eigenvalue weighted by atomic mass is 35.5. The molecule has 3 heterocycles. The van der Waals surface area contributed by atoms with Crippen LogP contribution < -0.4 is 20.1 Å². The van der Waals surface area contributed by atoms with E-state index in [0.717, 1.165) is 33.4 Å². The molecular formula is C45H36Cl2N6O6. The molecule has 14 heteroatoms. The lowest BCUT2D eigenvalue weighted by molar-refractivity contribution is -0.143. The molecule has 1 unspecified atom stereocenters. The summed E-state index contributed by atoms with van der Waals surface area (Å²) in [7, 11) is 0. The van der Waals surface area contributed by atoms with E-state index >= 15 is 0 Å².